The zero-order valence-corrected chi connectivity index (χ0v) is 22.2. The number of ether oxygens (including phenoxy) is 2. The van der Waals surface area contributed by atoms with Crippen molar-refractivity contribution in [1.82, 2.24) is 0 Å². The Hall–Kier alpha value is -0.960. The van der Waals surface area contributed by atoms with Crippen LogP contribution in [-0.2, 0) is 23.1 Å². The van der Waals surface area contributed by atoms with Gasteiger partial charge in [0, 0.05) is 6.42 Å². The van der Waals surface area contributed by atoms with Crippen LogP contribution in [-0.4, -0.2) is 38.4 Å². The molecule has 33 heavy (non-hydrogen) atoms. The molecule has 4 atom stereocenters. The van der Waals surface area contributed by atoms with E-state index in [0.717, 1.165) is 38.5 Å². The third-order valence-electron chi connectivity index (χ3n) is 7.56. The maximum Gasteiger partial charge on any atom is 0.347 e. The summed E-state index contributed by atoms with van der Waals surface area (Å²) in [5, 5.41) is 9.76. The van der Waals surface area contributed by atoms with Crippen LogP contribution >= 0.6 is 7.60 Å². The van der Waals surface area contributed by atoms with E-state index in [9.17, 15) is 9.83 Å². The zero-order chi connectivity index (χ0) is 24.5. The van der Waals surface area contributed by atoms with Gasteiger partial charge in [-0.05, 0) is 76.5 Å². The van der Waals surface area contributed by atoms with E-state index >= 15 is 0 Å². The van der Waals surface area contributed by atoms with Crippen molar-refractivity contribution in [3.05, 3.63) is 23.8 Å². The predicted octanol–water partition coefficient (Wildman–Crippen LogP) is 7.02. The zero-order valence-electron chi connectivity index (χ0n) is 21.3. The van der Waals surface area contributed by atoms with Crippen molar-refractivity contribution in [2.24, 2.45) is 17.3 Å². The summed E-state index contributed by atoms with van der Waals surface area (Å²) in [7, 11) is -3.45. The molecule has 7 heteroatoms. The molecule has 0 amide bonds. The number of allylic oxidation sites excluding steroid dienone is 3. The molecule has 6 nitrogen and oxygen atoms in total. The summed E-state index contributed by atoms with van der Waals surface area (Å²) in [6.07, 6.45) is 8.65. The highest BCUT2D eigenvalue weighted by Gasteiger charge is 2.43. The lowest BCUT2D eigenvalue weighted by molar-refractivity contribution is -0.0461. The van der Waals surface area contributed by atoms with Crippen LogP contribution in [0.15, 0.2) is 23.8 Å². The molecule has 1 unspecified atom stereocenters. The summed E-state index contributed by atoms with van der Waals surface area (Å²) in [6, 6.07) is 2.21. The van der Waals surface area contributed by atoms with E-state index in [2.05, 4.69) is 39.5 Å². The summed E-state index contributed by atoms with van der Waals surface area (Å²) >= 11 is 0. The van der Waals surface area contributed by atoms with Crippen LogP contribution in [0.5, 0.6) is 0 Å². The topological polar surface area (TPSA) is 77.8 Å². The van der Waals surface area contributed by atoms with Crippen molar-refractivity contribution in [2.45, 2.75) is 91.5 Å². The fourth-order valence-corrected chi connectivity index (χ4v) is 6.81. The first kappa shape index (κ1) is 28.3. The number of nitriles is 1. The molecule has 0 N–H and O–H groups in total. The summed E-state index contributed by atoms with van der Waals surface area (Å²) in [5.74, 6) is 0.882. The van der Waals surface area contributed by atoms with E-state index in [1.165, 1.54) is 11.1 Å². The van der Waals surface area contributed by atoms with Gasteiger partial charge in [0.2, 0.25) is 0 Å². The standard InChI is InChI=1S/C26H44NO5P/c1-7-31-33(28,32-8-2)24(19-27)15-16-26(6)21(4)11-13-23(22(26)5)12-9-20(3)10-14-25-29-17-18-30-25/h9,21,23-25H,5,7-8,10-18H2,1-4,6H3/b20-9+/t21-,23-,24?,26+/m0/s1. The third-order valence-corrected chi connectivity index (χ3v) is 9.94. The monoisotopic (exact) mass is 481 g/mol. The van der Waals surface area contributed by atoms with Gasteiger partial charge < -0.3 is 18.5 Å². The second-order valence-electron chi connectivity index (χ2n) is 9.67. The van der Waals surface area contributed by atoms with E-state index in [-0.39, 0.29) is 24.9 Å². The SMILES string of the molecule is C=C1[C@@H](C/C=C(\C)CCC2OCCO2)CC[C@H](C)[C@@]1(C)CCC(C#N)P(=O)(OCC)OCC. The van der Waals surface area contributed by atoms with Crippen molar-refractivity contribution >= 4 is 7.60 Å². The minimum Gasteiger partial charge on any atom is -0.350 e. The summed E-state index contributed by atoms with van der Waals surface area (Å²) in [4.78, 5) is 0. The maximum atomic E-state index is 13.2. The summed E-state index contributed by atoms with van der Waals surface area (Å²) in [6.45, 7) is 16.7. The Morgan fingerprint density at radius 1 is 1.30 bits per heavy atom. The summed E-state index contributed by atoms with van der Waals surface area (Å²) in [5.41, 5.74) is 1.76. The molecule has 0 aromatic carbocycles. The Bertz CT molecular complexity index is 744. The van der Waals surface area contributed by atoms with Crippen molar-refractivity contribution in [3.63, 3.8) is 0 Å². The van der Waals surface area contributed by atoms with E-state index in [4.69, 9.17) is 18.5 Å². The highest BCUT2D eigenvalue weighted by molar-refractivity contribution is 7.55. The normalized spacial score (nSPS) is 28.1. The molecule has 1 aliphatic carbocycles. The maximum absolute atomic E-state index is 13.2. The van der Waals surface area contributed by atoms with Gasteiger partial charge in [0.05, 0.1) is 32.5 Å². The van der Waals surface area contributed by atoms with Gasteiger partial charge in [0.1, 0.15) is 5.66 Å². The van der Waals surface area contributed by atoms with Crippen LogP contribution < -0.4 is 0 Å². The predicted molar refractivity (Wildman–Crippen MR) is 132 cm³/mol. The third kappa shape index (κ3) is 7.51. The van der Waals surface area contributed by atoms with Crippen LogP contribution in [0.4, 0.5) is 0 Å². The van der Waals surface area contributed by atoms with Crippen molar-refractivity contribution < 1.29 is 23.1 Å². The molecule has 1 saturated heterocycles. The second kappa shape index (κ2) is 13.2. The minimum atomic E-state index is -3.45. The van der Waals surface area contributed by atoms with Gasteiger partial charge in [-0.25, -0.2) is 0 Å². The Kier molecular flexibility index (Phi) is 11.3. The first-order valence-corrected chi connectivity index (χ1v) is 14.2. The fraction of sp³-hybridized carbons (Fsp3) is 0.808. The number of hydrogen-bond acceptors (Lipinski definition) is 6. The van der Waals surface area contributed by atoms with Crippen LogP contribution in [0.1, 0.15) is 79.6 Å². The molecule has 2 fully saturated rings. The van der Waals surface area contributed by atoms with Gasteiger partial charge in [-0.3, -0.25) is 4.57 Å². The highest BCUT2D eigenvalue weighted by Crippen LogP contribution is 2.57. The molecular weight excluding hydrogens is 437 g/mol. The van der Waals surface area contributed by atoms with Gasteiger partial charge in [0.25, 0.3) is 0 Å². The molecule has 1 aliphatic heterocycles. The number of nitrogens with zero attached hydrogens (tertiary/aromatic N) is 1. The number of hydrogen-bond donors (Lipinski definition) is 0. The van der Waals surface area contributed by atoms with Crippen LogP contribution in [0.3, 0.4) is 0 Å². The smallest absolute Gasteiger partial charge is 0.347 e. The summed E-state index contributed by atoms with van der Waals surface area (Å²) < 4.78 is 35.2. The van der Waals surface area contributed by atoms with E-state index < -0.39 is 13.3 Å². The molecule has 188 valence electrons. The average Bonchev–Trinajstić information content (AvgIpc) is 3.30. The van der Waals surface area contributed by atoms with Gasteiger partial charge in [-0.15, -0.1) is 0 Å². The Morgan fingerprint density at radius 2 is 1.94 bits per heavy atom. The molecule has 2 rings (SSSR count). The number of rotatable bonds is 13. The van der Waals surface area contributed by atoms with Gasteiger partial charge >= 0.3 is 7.60 Å². The molecule has 0 bridgehead atoms. The molecule has 2 aliphatic rings. The van der Waals surface area contributed by atoms with Crippen LogP contribution in [0.25, 0.3) is 0 Å². The second-order valence-corrected chi connectivity index (χ2v) is 11.9. The van der Waals surface area contributed by atoms with Gasteiger partial charge in [-0.1, -0.05) is 37.6 Å². The minimum absolute atomic E-state index is 0.0560. The van der Waals surface area contributed by atoms with Crippen molar-refractivity contribution in [2.75, 3.05) is 26.4 Å². The highest BCUT2D eigenvalue weighted by atomic mass is 31.2. The molecule has 0 aromatic heterocycles. The molecule has 0 spiro atoms. The van der Waals surface area contributed by atoms with Crippen molar-refractivity contribution in [3.8, 4) is 6.07 Å². The fourth-order valence-electron chi connectivity index (χ4n) is 5.07. The first-order valence-electron chi connectivity index (χ1n) is 12.6. The molecule has 0 aromatic rings. The van der Waals surface area contributed by atoms with Gasteiger partial charge in [-0.2, -0.15) is 5.26 Å². The van der Waals surface area contributed by atoms with Gasteiger partial charge in [0.15, 0.2) is 6.29 Å². The van der Waals surface area contributed by atoms with E-state index in [1.54, 1.807) is 13.8 Å². The van der Waals surface area contributed by atoms with E-state index in [1.807, 2.05) is 0 Å². The van der Waals surface area contributed by atoms with Crippen molar-refractivity contribution in [1.29, 1.82) is 5.26 Å². The van der Waals surface area contributed by atoms with E-state index in [0.29, 0.717) is 31.5 Å². The van der Waals surface area contributed by atoms with Crippen LogP contribution in [0.2, 0.25) is 0 Å². The average molecular weight is 482 g/mol. The lowest BCUT2D eigenvalue weighted by Crippen LogP contribution is -2.36. The largest absolute Gasteiger partial charge is 0.350 e. The lowest BCUT2D eigenvalue weighted by atomic mass is 9.59. The Balaban J connectivity index is 2.00. The first-order chi connectivity index (χ1) is 15.7. The molecule has 0 radical (unpaired) electrons. The molecule has 1 heterocycles. The Morgan fingerprint density at radius 3 is 2.52 bits per heavy atom. The molecule has 1 saturated carbocycles. The van der Waals surface area contributed by atoms with Crippen LogP contribution in [0, 0.1) is 28.6 Å². The quantitative estimate of drug-likeness (QED) is 0.208. The lowest BCUT2D eigenvalue weighted by Gasteiger charge is -2.46. The Labute approximate surface area is 201 Å². The molecular formula is C26H44NO5P.